The fraction of sp³-hybridized carbons (Fsp3) is 1.00. The number of rotatable bonds is 1. The second kappa shape index (κ2) is 2.86. The number of hydrogen-bond acceptors (Lipinski definition) is 2. The zero-order valence-corrected chi connectivity index (χ0v) is 5.74. The molecule has 1 fully saturated rings. The van der Waals surface area contributed by atoms with Crippen molar-refractivity contribution in [1.29, 1.82) is 0 Å². The highest BCUT2D eigenvalue weighted by Crippen LogP contribution is 2.14. The molecule has 1 aliphatic heterocycles. The number of alkyl halides is 1. The van der Waals surface area contributed by atoms with E-state index in [4.69, 9.17) is 5.53 Å². The second-order valence-corrected chi connectivity index (χ2v) is 2.51. The summed E-state index contributed by atoms with van der Waals surface area (Å²) < 4.78 is 12.7. The van der Waals surface area contributed by atoms with E-state index in [1.165, 1.54) is 0 Å². The third-order valence-electron chi connectivity index (χ3n) is 1.60. The van der Waals surface area contributed by atoms with E-state index in [0.717, 1.165) is 0 Å². The summed E-state index contributed by atoms with van der Waals surface area (Å²) in [5.41, 5.74) is 8.00. The predicted molar refractivity (Wildman–Crippen MR) is 35.3 cm³/mol. The lowest BCUT2D eigenvalue weighted by molar-refractivity contribution is 0.309. The van der Waals surface area contributed by atoms with Gasteiger partial charge in [-0.15, -0.1) is 0 Å². The van der Waals surface area contributed by atoms with Gasteiger partial charge in [-0.3, -0.25) is 0 Å². The largest absolute Gasteiger partial charge is 0.303 e. The summed E-state index contributed by atoms with van der Waals surface area (Å²) in [6.07, 6.45) is -0.985. The summed E-state index contributed by atoms with van der Waals surface area (Å²) >= 11 is 0. The van der Waals surface area contributed by atoms with E-state index >= 15 is 0 Å². The summed E-state index contributed by atoms with van der Waals surface area (Å²) in [4.78, 5) is 4.37. The molecule has 0 spiro atoms. The lowest BCUT2D eigenvalue weighted by Crippen LogP contribution is -2.15. The highest BCUT2D eigenvalue weighted by Gasteiger charge is 2.29. The van der Waals surface area contributed by atoms with Crippen LogP contribution in [-0.4, -0.2) is 37.3 Å². The number of likely N-dealkylation sites (N-methyl/N-ethyl adjacent to an activating group) is 1. The Kier molecular flexibility index (Phi) is 2.09. The van der Waals surface area contributed by atoms with Gasteiger partial charge in [0.15, 0.2) is 0 Å². The molecule has 4 nitrogen and oxygen atoms in total. The number of nitrogens with zero attached hydrogens (tertiary/aromatic N) is 4. The van der Waals surface area contributed by atoms with Gasteiger partial charge >= 0.3 is 0 Å². The van der Waals surface area contributed by atoms with E-state index < -0.39 is 12.2 Å². The van der Waals surface area contributed by atoms with Gasteiger partial charge in [-0.25, -0.2) is 4.39 Å². The van der Waals surface area contributed by atoms with Crippen LogP contribution >= 0.6 is 0 Å². The van der Waals surface area contributed by atoms with E-state index in [-0.39, 0.29) is 0 Å². The van der Waals surface area contributed by atoms with Gasteiger partial charge in [0.2, 0.25) is 0 Å². The fourth-order valence-corrected chi connectivity index (χ4v) is 1.10. The van der Waals surface area contributed by atoms with Gasteiger partial charge in [0.1, 0.15) is 6.17 Å². The summed E-state index contributed by atoms with van der Waals surface area (Å²) in [6.45, 7) is 0.912. The minimum Gasteiger partial charge on any atom is -0.303 e. The molecule has 0 N–H and O–H groups in total. The van der Waals surface area contributed by atoms with Crippen LogP contribution < -0.4 is 0 Å². The molecule has 10 heavy (non-hydrogen) atoms. The van der Waals surface area contributed by atoms with Crippen molar-refractivity contribution in [2.45, 2.75) is 12.2 Å². The van der Waals surface area contributed by atoms with Crippen LogP contribution in [-0.2, 0) is 0 Å². The molecule has 1 rings (SSSR count). The minimum atomic E-state index is -0.985. The molecule has 0 aromatic heterocycles. The monoisotopic (exact) mass is 144 g/mol. The first kappa shape index (κ1) is 7.31. The van der Waals surface area contributed by atoms with Crippen molar-refractivity contribution >= 4 is 0 Å². The third-order valence-corrected chi connectivity index (χ3v) is 1.60. The van der Waals surface area contributed by atoms with Crippen molar-refractivity contribution in [3.63, 3.8) is 0 Å². The van der Waals surface area contributed by atoms with E-state index in [1.807, 2.05) is 4.90 Å². The van der Waals surface area contributed by atoms with Crippen molar-refractivity contribution < 1.29 is 4.39 Å². The molecule has 1 heterocycles. The SMILES string of the molecule is CN1CC(F)C(N=[N+]=[N-])C1. The molecule has 5 heteroatoms. The van der Waals surface area contributed by atoms with Crippen molar-refractivity contribution in [3.05, 3.63) is 10.4 Å². The van der Waals surface area contributed by atoms with E-state index in [1.54, 1.807) is 7.05 Å². The van der Waals surface area contributed by atoms with Crippen LogP contribution in [0.2, 0.25) is 0 Å². The Balaban J connectivity index is 2.54. The van der Waals surface area contributed by atoms with Crippen molar-refractivity contribution in [2.24, 2.45) is 5.11 Å². The first-order chi connectivity index (χ1) is 4.74. The Labute approximate surface area is 58.3 Å². The number of azide groups is 1. The lowest BCUT2D eigenvalue weighted by Gasteiger charge is -2.02. The van der Waals surface area contributed by atoms with Crippen molar-refractivity contribution in [3.8, 4) is 0 Å². The number of likely N-dealkylation sites (tertiary alicyclic amines) is 1. The molecule has 1 saturated heterocycles. The van der Waals surface area contributed by atoms with Gasteiger partial charge in [0, 0.05) is 18.0 Å². The third kappa shape index (κ3) is 1.37. The Morgan fingerprint density at radius 3 is 2.80 bits per heavy atom. The average molecular weight is 144 g/mol. The van der Waals surface area contributed by atoms with Crippen LogP contribution in [0.5, 0.6) is 0 Å². The lowest BCUT2D eigenvalue weighted by atomic mass is 10.2. The maximum Gasteiger partial charge on any atom is 0.122 e. The summed E-state index contributed by atoms with van der Waals surface area (Å²) in [6, 6.07) is -0.477. The van der Waals surface area contributed by atoms with Gasteiger partial charge in [0.25, 0.3) is 0 Å². The molecule has 0 bridgehead atoms. The maximum atomic E-state index is 12.7. The first-order valence-electron chi connectivity index (χ1n) is 3.11. The van der Waals surface area contributed by atoms with Crippen LogP contribution in [0.25, 0.3) is 10.4 Å². The quantitative estimate of drug-likeness (QED) is 0.307. The molecule has 0 aromatic carbocycles. The van der Waals surface area contributed by atoms with Crippen LogP contribution in [0.15, 0.2) is 5.11 Å². The highest BCUT2D eigenvalue weighted by atomic mass is 19.1. The van der Waals surface area contributed by atoms with Gasteiger partial charge in [-0.2, -0.15) is 0 Å². The van der Waals surface area contributed by atoms with Gasteiger partial charge in [-0.05, 0) is 12.6 Å². The molecule has 1 aliphatic rings. The predicted octanol–water partition coefficient (Wildman–Crippen LogP) is 0.949. The standard InChI is InChI=1S/C5H9FN4/c1-10-2-4(6)5(3-10)8-9-7/h4-5H,2-3H2,1H3. The fourth-order valence-electron chi connectivity index (χ4n) is 1.10. The zero-order valence-electron chi connectivity index (χ0n) is 5.74. The smallest absolute Gasteiger partial charge is 0.122 e. The molecule has 2 atom stereocenters. The minimum absolute atomic E-state index is 0.379. The van der Waals surface area contributed by atoms with Crippen molar-refractivity contribution in [2.75, 3.05) is 20.1 Å². The average Bonchev–Trinajstić information content (AvgIpc) is 2.13. The molecule has 0 aromatic rings. The molecule has 2 unspecified atom stereocenters. The van der Waals surface area contributed by atoms with E-state index in [2.05, 4.69) is 10.0 Å². The molecule has 0 amide bonds. The molecular formula is C5H9FN4. The Hall–Kier alpha value is -0.800. The number of hydrogen-bond donors (Lipinski definition) is 0. The first-order valence-corrected chi connectivity index (χ1v) is 3.11. The van der Waals surface area contributed by atoms with Crippen LogP contribution in [0.1, 0.15) is 0 Å². The van der Waals surface area contributed by atoms with Crippen LogP contribution in [0, 0.1) is 0 Å². The Morgan fingerprint density at radius 2 is 2.40 bits per heavy atom. The summed E-state index contributed by atoms with van der Waals surface area (Å²) in [5, 5.41) is 3.32. The summed E-state index contributed by atoms with van der Waals surface area (Å²) in [5.74, 6) is 0. The molecule has 0 aliphatic carbocycles. The van der Waals surface area contributed by atoms with Gasteiger partial charge in [-0.1, -0.05) is 5.11 Å². The highest BCUT2D eigenvalue weighted by molar-refractivity contribution is 4.87. The van der Waals surface area contributed by atoms with Crippen LogP contribution in [0.4, 0.5) is 4.39 Å². The topological polar surface area (TPSA) is 52.0 Å². The van der Waals surface area contributed by atoms with Crippen LogP contribution in [0.3, 0.4) is 0 Å². The summed E-state index contributed by atoms with van der Waals surface area (Å²) in [7, 11) is 1.81. The molecular weight excluding hydrogens is 135 g/mol. The molecule has 56 valence electrons. The number of halogens is 1. The molecule has 0 radical (unpaired) electrons. The normalized spacial score (nSPS) is 33.8. The maximum absolute atomic E-state index is 12.7. The van der Waals surface area contributed by atoms with E-state index in [0.29, 0.717) is 13.1 Å². The van der Waals surface area contributed by atoms with E-state index in [9.17, 15) is 4.39 Å². The van der Waals surface area contributed by atoms with Crippen molar-refractivity contribution in [1.82, 2.24) is 4.90 Å². The Bertz CT molecular complexity index is 165. The van der Waals surface area contributed by atoms with Gasteiger partial charge in [0.05, 0.1) is 6.04 Å². The molecule has 0 saturated carbocycles. The second-order valence-electron chi connectivity index (χ2n) is 2.51. The Morgan fingerprint density at radius 1 is 1.70 bits per heavy atom. The zero-order chi connectivity index (χ0) is 7.56. The van der Waals surface area contributed by atoms with Gasteiger partial charge < -0.3 is 4.90 Å².